The van der Waals surface area contributed by atoms with Crippen LogP contribution in [0.2, 0.25) is 0 Å². The normalized spacial score (nSPS) is 11.6. The van der Waals surface area contributed by atoms with Crippen LogP contribution < -0.4 is 18.9 Å². The van der Waals surface area contributed by atoms with Gasteiger partial charge in [-0.3, -0.25) is 0 Å². The standard InChI is InChI=1S/C40H38O8/c1-29(27-47-37-20-7-14-31-12-3-5-18-35(31)37)39(41)45-24-10-22-43-33-16-9-17-34(26-33)44-23-11-25-46-40(42)30(2)28-48-38-21-8-15-32-13-4-6-19-36(32)38/h3-9,12-21,26-28H,10-11,22-25H2,1-2H3. The van der Waals surface area contributed by atoms with E-state index in [2.05, 4.69) is 0 Å². The Hall–Kier alpha value is -5.76. The van der Waals surface area contributed by atoms with E-state index in [1.54, 1.807) is 19.9 Å². The molecule has 0 aliphatic carbocycles. The number of ether oxygens (including phenoxy) is 6. The smallest absolute Gasteiger partial charge is 0.336 e. The summed E-state index contributed by atoms with van der Waals surface area (Å²) in [7, 11) is 0. The summed E-state index contributed by atoms with van der Waals surface area (Å²) >= 11 is 0. The second-order valence-electron chi connectivity index (χ2n) is 10.9. The molecule has 0 bridgehead atoms. The van der Waals surface area contributed by atoms with Crippen molar-refractivity contribution in [3.05, 3.63) is 133 Å². The molecule has 48 heavy (non-hydrogen) atoms. The van der Waals surface area contributed by atoms with Crippen LogP contribution >= 0.6 is 0 Å². The van der Waals surface area contributed by atoms with E-state index in [4.69, 9.17) is 28.4 Å². The average molecular weight is 647 g/mol. The first kappa shape index (κ1) is 33.6. The Bertz CT molecular complexity index is 1760. The zero-order valence-electron chi connectivity index (χ0n) is 27.1. The topological polar surface area (TPSA) is 89.5 Å². The minimum atomic E-state index is -0.447. The Balaban J connectivity index is 0.955. The van der Waals surface area contributed by atoms with E-state index < -0.39 is 11.9 Å². The maximum absolute atomic E-state index is 12.4. The van der Waals surface area contributed by atoms with Crippen LogP contribution in [0.15, 0.2) is 133 Å². The van der Waals surface area contributed by atoms with Gasteiger partial charge in [0, 0.05) is 29.7 Å². The molecule has 0 aromatic heterocycles. The number of carbonyl (C=O) groups is 2. The van der Waals surface area contributed by atoms with E-state index in [-0.39, 0.29) is 13.2 Å². The van der Waals surface area contributed by atoms with E-state index in [9.17, 15) is 9.59 Å². The number of hydrogen-bond donors (Lipinski definition) is 0. The molecule has 0 aliphatic heterocycles. The quantitative estimate of drug-likeness (QED) is 0.0456. The third kappa shape index (κ3) is 9.62. The fraction of sp³-hybridized carbons (Fsp3) is 0.200. The molecule has 5 rings (SSSR count). The maximum atomic E-state index is 12.4. The Kier molecular flexibility index (Phi) is 12.1. The van der Waals surface area contributed by atoms with Crippen molar-refractivity contribution in [2.45, 2.75) is 26.7 Å². The van der Waals surface area contributed by atoms with Crippen LogP contribution in [0.3, 0.4) is 0 Å². The van der Waals surface area contributed by atoms with E-state index in [1.165, 1.54) is 12.5 Å². The van der Waals surface area contributed by atoms with Gasteiger partial charge < -0.3 is 28.4 Å². The second-order valence-corrected chi connectivity index (χ2v) is 10.9. The van der Waals surface area contributed by atoms with Crippen LogP contribution in [0.4, 0.5) is 0 Å². The summed E-state index contributed by atoms with van der Waals surface area (Å²) in [4.78, 5) is 24.8. The van der Waals surface area contributed by atoms with Crippen molar-refractivity contribution in [1.29, 1.82) is 0 Å². The van der Waals surface area contributed by atoms with Gasteiger partial charge in [0.25, 0.3) is 0 Å². The average Bonchev–Trinajstić information content (AvgIpc) is 3.12. The first-order valence-corrected chi connectivity index (χ1v) is 15.8. The van der Waals surface area contributed by atoms with Crippen molar-refractivity contribution < 1.29 is 38.0 Å². The van der Waals surface area contributed by atoms with E-state index >= 15 is 0 Å². The highest BCUT2D eigenvalue weighted by Crippen LogP contribution is 2.27. The van der Waals surface area contributed by atoms with Gasteiger partial charge in [0.2, 0.25) is 0 Å². The third-order valence-corrected chi connectivity index (χ3v) is 7.26. The summed E-state index contributed by atoms with van der Waals surface area (Å²) < 4.78 is 33.9. The van der Waals surface area contributed by atoms with Crippen LogP contribution in [0.1, 0.15) is 26.7 Å². The fourth-order valence-corrected chi connectivity index (χ4v) is 4.71. The van der Waals surface area contributed by atoms with Crippen LogP contribution in [-0.2, 0) is 19.1 Å². The van der Waals surface area contributed by atoms with Crippen LogP contribution in [0, 0.1) is 0 Å². The Labute approximate surface area is 280 Å². The molecule has 5 aromatic rings. The number of benzene rings is 5. The van der Waals surface area contributed by atoms with Crippen molar-refractivity contribution in [2.24, 2.45) is 0 Å². The molecular weight excluding hydrogens is 608 g/mol. The van der Waals surface area contributed by atoms with Gasteiger partial charge in [-0.25, -0.2) is 9.59 Å². The highest BCUT2D eigenvalue weighted by molar-refractivity contribution is 5.90. The molecule has 0 saturated heterocycles. The summed E-state index contributed by atoms with van der Waals surface area (Å²) in [6, 6.07) is 34.6. The molecule has 0 spiro atoms. The number of fused-ring (bicyclic) bond motifs is 2. The molecule has 0 saturated carbocycles. The molecule has 8 heteroatoms. The lowest BCUT2D eigenvalue weighted by molar-refractivity contribution is -0.140. The highest BCUT2D eigenvalue weighted by atomic mass is 16.5. The lowest BCUT2D eigenvalue weighted by atomic mass is 10.1. The van der Waals surface area contributed by atoms with E-state index in [0.29, 0.717) is 60.2 Å². The summed E-state index contributed by atoms with van der Waals surface area (Å²) in [5.41, 5.74) is 0.724. The maximum Gasteiger partial charge on any atom is 0.336 e. The van der Waals surface area contributed by atoms with Crippen LogP contribution in [-0.4, -0.2) is 38.4 Å². The summed E-state index contributed by atoms with van der Waals surface area (Å²) in [5.74, 6) is 1.72. The predicted molar refractivity (Wildman–Crippen MR) is 185 cm³/mol. The summed E-state index contributed by atoms with van der Waals surface area (Å²) in [6.07, 6.45) is 3.86. The van der Waals surface area contributed by atoms with E-state index in [0.717, 1.165) is 21.5 Å². The molecule has 0 radical (unpaired) electrons. The number of esters is 2. The first-order valence-electron chi connectivity index (χ1n) is 15.8. The van der Waals surface area contributed by atoms with Gasteiger partial charge in [-0.15, -0.1) is 0 Å². The van der Waals surface area contributed by atoms with Crippen molar-refractivity contribution in [1.82, 2.24) is 0 Å². The Morgan fingerprint density at radius 3 is 1.42 bits per heavy atom. The zero-order valence-corrected chi connectivity index (χ0v) is 27.1. The lowest BCUT2D eigenvalue weighted by Crippen LogP contribution is -2.11. The molecule has 0 heterocycles. The largest absolute Gasteiger partial charge is 0.493 e. The van der Waals surface area contributed by atoms with Crippen molar-refractivity contribution >= 4 is 33.5 Å². The molecule has 0 unspecified atom stereocenters. The number of carbonyl (C=O) groups excluding carboxylic acids is 2. The van der Waals surface area contributed by atoms with Crippen molar-refractivity contribution in [2.75, 3.05) is 26.4 Å². The summed E-state index contributed by atoms with van der Waals surface area (Å²) in [5, 5.41) is 4.05. The molecule has 0 fully saturated rings. The Morgan fingerprint density at radius 2 is 0.938 bits per heavy atom. The molecular formula is C40H38O8. The van der Waals surface area contributed by atoms with Gasteiger partial charge in [0.1, 0.15) is 35.5 Å². The molecule has 0 atom stereocenters. The molecule has 0 aliphatic rings. The third-order valence-electron chi connectivity index (χ3n) is 7.26. The minimum Gasteiger partial charge on any atom is -0.493 e. The molecule has 0 amide bonds. The van der Waals surface area contributed by atoms with Crippen LogP contribution in [0.5, 0.6) is 23.0 Å². The minimum absolute atomic E-state index is 0.205. The molecule has 0 N–H and O–H groups in total. The molecule has 246 valence electrons. The van der Waals surface area contributed by atoms with Crippen molar-refractivity contribution in [3.8, 4) is 23.0 Å². The lowest BCUT2D eigenvalue weighted by Gasteiger charge is -2.11. The Morgan fingerprint density at radius 1 is 0.521 bits per heavy atom. The first-order chi connectivity index (χ1) is 23.5. The van der Waals surface area contributed by atoms with E-state index in [1.807, 2.05) is 103 Å². The summed E-state index contributed by atoms with van der Waals surface area (Å²) in [6.45, 7) is 4.44. The SMILES string of the molecule is CC(=COc1cccc2ccccc12)C(=O)OCCCOc1cccc(OCCCOC(=O)C(C)=COc2cccc3ccccc23)c1. The van der Waals surface area contributed by atoms with Gasteiger partial charge in [0.05, 0.1) is 37.6 Å². The van der Waals surface area contributed by atoms with Crippen molar-refractivity contribution in [3.63, 3.8) is 0 Å². The predicted octanol–water partition coefficient (Wildman–Crippen LogP) is 8.58. The second kappa shape index (κ2) is 17.2. The number of hydrogen-bond acceptors (Lipinski definition) is 8. The van der Waals surface area contributed by atoms with Gasteiger partial charge in [0.15, 0.2) is 0 Å². The molecule has 5 aromatic carbocycles. The zero-order chi connectivity index (χ0) is 33.6. The van der Waals surface area contributed by atoms with Gasteiger partial charge in [-0.05, 0) is 48.9 Å². The number of rotatable bonds is 16. The van der Waals surface area contributed by atoms with Crippen LogP contribution in [0.25, 0.3) is 21.5 Å². The fourth-order valence-electron chi connectivity index (χ4n) is 4.71. The van der Waals surface area contributed by atoms with Gasteiger partial charge >= 0.3 is 11.9 Å². The monoisotopic (exact) mass is 646 g/mol. The van der Waals surface area contributed by atoms with Gasteiger partial charge in [-0.2, -0.15) is 0 Å². The molecule has 8 nitrogen and oxygen atoms in total. The van der Waals surface area contributed by atoms with Gasteiger partial charge in [-0.1, -0.05) is 78.9 Å². The highest BCUT2D eigenvalue weighted by Gasteiger charge is 2.09.